The summed E-state index contributed by atoms with van der Waals surface area (Å²) in [6, 6.07) is 10.6. The van der Waals surface area contributed by atoms with E-state index in [9.17, 15) is 4.79 Å². The molecule has 0 spiro atoms. The Morgan fingerprint density at radius 2 is 1.77 bits per heavy atom. The normalized spacial score (nSPS) is 13.2. The number of carbonyl (C=O) groups is 1. The van der Waals surface area contributed by atoms with Crippen molar-refractivity contribution in [1.82, 2.24) is 9.88 Å². The Hall–Kier alpha value is -1.95. The Labute approximate surface area is 189 Å². The third-order valence-electron chi connectivity index (χ3n) is 5.66. The number of nitrogens with zero attached hydrogens (tertiary/aromatic N) is 3. The number of likely N-dealkylation sites (N-methyl/N-ethyl adjacent to an activating group) is 1. The number of fused-ring (bicyclic) bond motifs is 2. The molecule has 1 aromatic heterocycles. The maximum atomic E-state index is 13.5. The summed E-state index contributed by atoms with van der Waals surface area (Å²) in [6.45, 7) is 5.62. The number of halogens is 1. The number of aromatic nitrogens is 1. The molecule has 1 heterocycles. The van der Waals surface area contributed by atoms with Crippen molar-refractivity contribution in [3.8, 4) is 0 Å². The molecule has 0 atom stereocenters. The van der Waals surface area contributed by atoms with Crippen molar-refractivity contribution < 1.29 is 4.79 Å². The van der Waals surface area contributed by atoms with Gasteiger partial charge >= 0.3 is 0 Å². The van der Waals surface area contributed by atoms with E-state index in [0.29, 0.717) is 6.54 Å². The molecular weight excluding hydrogens is 414 g/mol. The van der Waals surface area contributed by atoms with Crippen molar-refractivity contribution in [1.29, 1.82) is 0 Å². The van der Waals surface area contributed by atoms with E-state index in [2.05, 4.69) is 43.0 Å². The van der Waals surface area contributed by atoms with Crippen LogP contribution in [0.4, 0.5) is 5.13 Å². The third-order valence-corrected chi connectivity index (χ3v) is 6.69. The summed E-state index contributed by atoms with van der Waals surface area (Å²) in [4.78, 5) is 22.4. The zero-order valence-electron chi connectivity index (χ0n) is 18.2. The van der Waals surface area contributed by atoms with Crippen molar-refractivity contribution in [2.45, 2.75) is 39.5 Å². The Morgan fingerprint density at radius 1 is 1.03 bits per heavy atom. The van der Waals surface area contributed by atoms with Crippen LogP contribution in [0.2, 0.25) is 0 Å². The zero-order chi connectivity index (χ0) is 20.5. The van der Waals surface area contributed by atoms with Gasteiger partial charge in [0, 0.05) is 18.7 Å². The van der Waals surface area contributed by atoms with Gasteiger partial charge < -0.3 is 4.90 Å². The first-order chi connectivity index (χ1) is 13.9. The van der Waals surface area contributed by atoms with Gasteiger partial charge in [0.15, 0.2) is 5.13 Å². The second-order valence-electron chi connectivity index (χ2n) is 8.38. The first kappa shape index (κ1) is 22.7. The van der Waals surface area contributed by atoms with Crippen LogP contribution in [0.3, 0.4) is 0 Å². The number of carbonyl (C=O) groups excluding carboxylic acids is 1. The van der Waals surface area contributed by atoms with Gasteiger partial charge in [-0.2, -0.15) is 0 Å². The Balaban J connectivity index is 0.00000256. The van der Waals surface area contributed by atoms with Gasteiger partial charge in [0.1, 0.15) is 0 Å². The molecule has 160 valence electrons. The first-order valence-corrected chi connectivity index (χ1v) is 11.2. The van der Waals surface area contributed by atoms with Gasteiger partial charge in [-0.05, 0) is 94.1 Å². The standard InChI is InChI=1S/C24H29N3OS.ClH/c1-16-13-17(2)22-21(14-16)29-24(25-22)27(12-11-26(3)4)23(28)20-10-9-18-7-5-6-8-19(18)15-20;/h9-10,13-15H,5-8,11-12H2,1-4H3;1H. The van der Waals surface area contributed by atoms with Crippen molar-refractivity contribution in [3.63, 3.8) is 0 Å². The molecule has 2 aromatic carbocycles. The average Bonchev–Trinajstić information content (AvgIpc) is 3.11. The van der Waals surface area contributed by atoms with Gasteiger partial charge in [-0.1, -0.05) is 23.5 Å². The van der Waals surface area contributed by atoms with E-state index in [0.717, 1.165) is 45.9 Å². The fourth-order valence-corrected chi connectivity index (χ4v) is 5.25. The zero-order valence-corrected chi connectivity index (χ0v) is 19.8. The van der Waals surface area contributed by atoms with Crippen molar-refractivity contribution in [2.24, 2.45) is 0 Å². The van der Waals surface area contributed by atoms with Gasteiger partial charge in [0.2, 0.25) is 0 Å². The predicted molar refractivity (Wildman–Crippen MR) is 130 cm³/mol. The highest BCUT2D eigenvalue weighted by Crippen LogP contribution is 2.33. The van der Waals surface area contributed by atoms with Crippen LogP contribution in [0, 0.1) is 13.8 Å². The molecule has 4 nitrogen and oxygen atoms in total. The van der Waals surface area contributed by atoms with Gasteiger partial charge in [-0.25, -0.2) is 4.98 Å². The molecular formula is C24H30ClN3OS. The summed E-state index contributed by atoms with van der Waals surface area (Å²) >= 11 is 1.61. The molecule has 30 heavy (non-hydrogen) atoms. The fourth-order valence-electron chi connectivity index (χ4n) is 4.08. The van der Waals surface area contributed by atoms with E-state index in [4.69, 9.17) is 4.98 Å². The lowest BCUT2D eigenvalue weighted by molar-refractivity contribution is 0.0985. The van der Waals surface area contributed by atoms with E-state index in [-0.39, 0.29) is 18.3 Å². The van der Waals surface area contributed by atoms with Crippen LogP contribution in [0.15, 0.2) is 30.3 Å². The highest BCUT2D eigenvalue weighted by Gasteiger charge is 2.23. The molecule has 1 aliphatic rings. The largest absolute Gasteiger partial charge is 0.308 e. The number of anilines is 1. The van der Waals surface area contributed by atoms with Crippen LogP contribution in [-0.4, -0.2) is 43.0 Å². The predicted octanol–water partition coefficient (Wildman–Crippen LogP) is 5.42. The molecule has 3 aromatic rings. The quantitative estimate of drug-likeness (QED) is 0.528. The summed E-state index contributed by atoms with van der Waals surface area (Å²) in [5.74, 6) is 0.0497. The van der Waals surface area contributed by atoms with E-state index < -0.39 is 0 Å². The number of amides is 1. The minimum atomic E-state index is 0. The number of hydrogen-bond acceptors (Lipinski definition) is 4. The van der Waals surface area contributed by atoms with Gasteiger partial charge in [0.05, 0.1) is 10.2 Å². The minimum Gasteiger partial charge on any atom is -0.308 e. The lowest BCUT2D eigenvalue weighted by Crippen LogP contribution is -2.36. The fraction of sp³-hybridized carbons (Fsp3) is 0.417. The molecule has 1 amide bonds. The number of aryl methyl sites for hydroxylation is 4. The van der Waals surface area contributed by atoms with Gasteiger partial charge in [-0.3, -0.25) is 9.69 Å². The summed E-state index contributed by atoms with van der Waals surface area (Å²) in [5.41, 5.74) is 6.91. The van der Waals surface area contributed by atoms with Crippen LogP contribution in [0.1, 0.15) is 45.5 Å². The van der Waals surface area contributed by atoms with Crippen molar-refractivity contribution in [3.05, 3.63) is 58.1 Å². The Bertz CT molecular complexity index is 1060. The maximum Gasteiger partial charge on any atom is 0.260 e. The SMILES string of the molecule is Cc1cc(C)c2nc(N(CCN(C)C)C(=O)c3ccc4c(c3)CCCC4)sc2c1.Cl. The number of hydrogen-bond donors (Lipinski definition) is 0. The molecule has 0 bridgehead atoms. The maximum absolute atomic E-state index is 13.5. The highest BCUT2D eigenvalue weighted by atomic mass is 35.5. The third kappa shape index (κ3) is 4.69. The Morgan fingerprint density at radius 3 is 2.50 bits per heavy atom. The summed E-state index contributed by atoms with van der Waals surface area (Å²) in [5, 5.41) is 0.790. The van der Waals surface area contributed by atoms with Crippen LogP contribution < -0.4 is 4.90 Å². The molecule has 1 aliphatic carbocycles. The summed E-state index contributed by atoms with van der Waals surface area (Å²) in [6.07, 6.45) is 4.67. The molecule has 0 unspecified atom stereocenters. The molecule has 4 rings (SSSR count). The second-order valence-corrected chi connectivity index (χ2v) is 9.38. The molecule has 0 fully saturated rings. The number of benzene rings is 2. The molecule has 0 saturated heterocycles. The van der Waals surface area contributed by atoms with Gasteiger partial charge in [0.25, 0.3) is 5.91 Å². The van der Waals surface area contributed by atoms with Crippen LogP contribution in [0.25, 0.3) is 10.2 Å². The smallest absolute Gasteiger partial charge is 0.260 e. The lowest BCUT2D eigenvalue weighted by atomic mass is 9.90. The molecule has 6 heteroatoms. The van der Waals surface area contributed by atoms with Crippen molar-refractivity contribution in [2.75, 3.05) is 32.1 Å². The van der Waals surface area contributed by atoms with Crippen LogP contribution in [0.5, 0.6) is 0 Å². The number of thiazole rings is 1. The average molecular weight is 444 g/mol. The van der Waals surface area contributed by atoms with Crippen molar-refractivity contribution >= 4 is 45.0 Å². The topological polar surface area (TPSA) is 36.4 Å². The molecule has 0 N–H and O–H groups in total. The molecule has 0 saturated carbocycles. The van der Waals surface area contributed by atoms with Crippen LogP contribution >= 0.6 is 23.7 Å². The van der Waals surface area contributed by atoms with Crippen LogP contribution in [-0.2, 0) is 12.8 Å². The van der Waals surface area contributed by atoms with E-state index in [1.807, 2.05) is 25.1 Å². The highest BCUT2D eigenvalue weighted by molar-refractivity contribution is 7.22. The summed E-state index contributed by atoms with van der Waals surface area (Å²) < 4.78 is 1.14. The second kappa shape index (κ2) is 9.46. The molecule has 0 aliphatic heterocycles. The lowest BCUT2D eigenvalue weighted by Gasteiger charge is -2.23. The monoisotopic (exact) mass is 443 g/mol. The van der Waals surface area contributed by atoms with E-state index in [1.165, 1.54) is 29.5 Å². The minimum absolute atomic E-state index is 0. The molecule has 0 radical (unpaired) electrons. The van der Waals surface area contributed by atoms with Gasteiger partial charge in [-0.15, -0.1) is 12.4 Å². The van der Waals surface area contributed by atoms with E-state index >= 15 is 0 Å². The Kier molecular flexibility index (Phi) is 7.17. The first-order valence-electron chi connectivity index (χ1n) is 10.4. The number of rotatable bonds is 5. The van der Waals surface area contributed by atoms with E-state index in [1.54, 1.807) is 11.3 Å². The summed E-state index contributed by atoms with van der Waals surface area (Å²) in [7, 11) is 4.07.